The minimum Gasteiger partial charge on any atom is -0.293 e. The third-order valence-electron chi connectivity index (χ3n) is 3.63. The van der Waals surface area contributed by atoms with Gasteiger partial charge in [0, 0.05) is 5.56 Å². The maximum atomic E-state index is 12.6. The number of Topliss-reactive ketones (excluding diaryl/α,β-unsaturated/α-hetero) is 1. The molecule has 0 saturated carbocycles. The molecule has 108 valence electrons. The molecular weight excluding hydrogens is 345 g/mol. The number of ketones is 1. The van der Waals surface area contributed by atoms with Gasteiger partial charge < -0.3 is 0 Å². The first-order chi connectivity index (χ1) is 9.88. The van der Waals surface area contributed by atoms with Crippen LogP contribution in [0.3, 0.4) is 0 Å². The predicted octanol–water partition coefficient (Wildman–Crippen LogP) is 4.87. The highest BCUT2D eigenvalue weighted by Crippen LogP contribution is 2.36. The Kier molecular flexibility index (Phi) is 3.40. The van der Waals surface area contributed by atoms with Crippen LogP contribution in [0.25, 0.3) is 11.1 Å². The van der Waals surface area contributed by atoms with E-state index in [1.165, 1.54) is 12.1 Å². The van der Waals surface area contributed by atoms with Crippen LogP contribution in [0.4, 0.5) is 13.2 Å². The molecule has 1 unspecified atom stereocenters. The van der Waals surface area contributed by atoms with Crippen molar-refractivity contribution in [3.05, 3.63) is 59.2 Å². The van der Waals surface area contributed by atoms with Crippen LogP contribution in [0.5, 0.6) is 0 Å². The molecule has 0 fully saturated rings. The first kappa shape index (κ1) is 14.3. The van der Waals surface area contributed by atoms with Gasteiger partial charge in [0.25, 0.3) is 0 Å². The number of alkyl halides is 4. The van der Waals surface area contributed by atoms with Gasteiger partial charge in [0.1, 0.15) is 0 Å². The Balaban J connectivity index is 2.05. The molecule has 0 spiro atoms. The van der Waals surface area contributed by atoms with Crippen molar-refractivity contribution in [3.63, 3.8) is 0 Å². The van der Waals surface area contributed by atoms with Gasteiger partial charge >= 0.3 is 6.18 Å². The summed E-state index contributed by atoms with van der Waals surface area (Å²) in [5, 5.41) is 0. The summed E-state index contributed by atoms with van der Waals surface area (Å²) in [6.45, 7) is 0. The average molecular weight is 355 g/mol. The van der Waals surface area contributed by atoms with Crippen molar-refractivity contribution in [1.29, 1.82) is 0 Å². The van der Waals surface area contributed by atoms with Gasteiger partial charge in [-0.3, -0.25) is 4.79 Å². The summed E-state index contributed by atoms with van der Waals surface area (Å²) in [7, 11) is 0. The third kappa shape index (κ3) is 2.50. The molecule has 1 nitrogen and oxygen atoms in total. The molecule has 5 heteroatoms. The molecule has 2 aromatic rings. The van der Waals surface area contributed by atoms with Crippen molar-refractivity contribution in [1.82, 2.24) is 0 Å². The largest absolute Gasteiger partial charge is 0.416 e. The van der Waals surface area contributed by atoms with Gasteiger partial charge in [0.05, 0.1) is 10.4 Å². The summed E-state index contributed by atoms with van der Waals surface area (Å²) in [6.07, 6.45) is -3.78. The van der Waals surface area contributed by atoms with E-state index >= 15 is 0 Å². The maximum absolute atomic E-state index is 12.6. The highest BCUT2D eigenvalue weighted by Gasteiger charge is 2.32. The lowest BCUT2D eigenvalue weighted by Gasteiger charge is -2.10. The van der Waals surface area contributed by atoms with Gasteiger partial charge in [-0.25, -0.2) is 0 Å². The quantitative estimate of drug-likeness (QED) is 0.667. The molecule has 0 N–H and O–H groups in total. The monoisotopic (exact) mass is 354 g/mol. The molecule has 1 atom stereocenters. The molecule has 1 aliphatic carbocycles. The number of hydrogen-bond donors (Lipinski definition) is 0. The summed E-state index contributed by atoms with van der Waals surface area (Å²) in [4.78, 5) is 11.7. The van der Waals surface area contributed by atoms with Gasteiger partial charge in [-0.15, -0.1) is 0 Å². The molecule has 3 rings (SSSR count). The first-order valence-electron chi connectivity index (χ1n) is 6.36. The van der Waals surface area contributed by atoms with Gasteiger partial charge in [-0.1, -0.05) is 46.3 Å². The lowest BCUT2D eigenvalue weighted by molar-refractivity contribution is -0.137. The number of fused-ring (bicyclic) bond motifs is 1. The van der Waals surface area contributed by atoms with E-state index in [0.29, 0.717) is 17.5 Å². The van der Waals surface area contributed by atoms with E-state index in [2.05, 4.69) is 15.9 Å². The molecule has 0 bridgehead atoms. The third-order valence-corrected chi connectivity index (χ3v) is 4.37. The van der Waals surface area contributed by atoms with Crippen LogP contribution >= 0.6 is 15.9 Å². The highest BCUT2D eigenvalue weighted by molar-refractivity contribution is 9.10. The van der Waals surface area contributed by atoms with Gasteiger partial charge in [-0.05, 0) is 35.2 Å². The van der Waals surface area contributed by atoms with Gasteiger partial charge in [0.15, 0.2) is 5.78 Å². The van der Waals surface area contributed by atoms with Crippen LogP contribution in [0, 0.1) is 0 Å². The average Bonchev–Trinajstić information content (AvgIpc) is 2.74. The summed E-state index contributed by atoms with van der Waals surface area (Å²) in [5.41, 5.74) is 2.37. The molecule has 0 aliphatic heterocycles. The van der Waals surface area contributed by atoms with E-state index in [0.717, 1.165) is 23.3 Å². The Morgan fingerprint density at radius 2 is 1.62 bits per heavy atom. The van der Waals surface area contributed by atoms with E-state index in [4.69, 9.17) is 0 Å². The maximum Gasteiger partial charge on any atom is 0.416 e. The summed E-state index contributed by atoms with van der Waals surface area (Å²) < 4.78 is 37.8. The standard InChI is InChI=1S/C16H10BrF3O/c17-14-8-13-11(2-1-3-12(13)15(14)21)9-4-6-10(7-5-9)16(18,19)20/h1-7,14H,8H2. The Hall–Kier alpha value is -1.62. The Labute approximate surface area is 127 Å². The molecule has 21 heavy (non-hydrogen) atoms. The molecule has 1 aliphatic rings. The molecule has 0 heterocycles. The number of carbonyl (C=O) groups is 1. The summed E-state index contributed by atoms with van der Waals surface area (Å²) in [6, 6.07) is 10.4. The second-order valence-electron chi connectivity index (χ2n) is 4.94. The fourth-order valence-corrected chi connectivity index (χ4v) is 3.16. The molecule has 0 radical (unpaired) electrons. The number of halogens is 4. The molecule has 0 aromatic heterocycles. The number of benzene rings is 2. The predicted molar refractivity (Wildman–Crippen MR) is 77.6 cm³/mol. The van der Waals surface area contributed by atoms with E-state index in [1.807, 2.05) is 6.07 Å². The zero-order valence-electron chi connectivity index (χ0n) is 10.7. The fourth-order valence-electron chi connectivity index (χ4n) is 2.59. The van der Waals surface area contributed by atoms with Crippen molar-refractivity contribution < 1.29 is 18.0 Å². The Morgan fingerprint density at radius 3 is 2.24 bits per heavy atom. The van der Waals surface area contributed by atoms with Crippen molar-refractivity contribution in [3.8, 4) is 11.1 Å². The molecular formula is C16H10BrF3O. The first-order valence-corrected chi connectivity index (χ1v) is 7.27. The Bertz CT molecular complexity index is 704. The minimum atomic E-state index is -4.34. The van der Waals surface area contributed by atoms with Crippen molar-refractivity contribution in [2.45, 2.75) is 17.4 Å². The summed E-state index contributed by atoms with van der Waals surface area (Å²) in [5.74, 6) is 0.0266. The smallest absolute Gasteiger partial charge is 0.293 e. The van der Waals surface area contributed by atoms with E-state index in [9.17, 15) is 18.0 Å². The van der Waals surface area contributed by atoms with Crippen LogP contribution in [0.1, 0.15) is 21.5 Å². The van der Waals surface area contributed by atoms with Crippen molar-refractivity contribution in [2.24, 2.45) is 0 Å². The van der Waals surface area contributed by atoms with E-state index in [-0.39, 0.29) is 10.6 Å². The fraction of sp³-hybridized carbons (Fsp3) is 0.188. The second kappa shape index (κ2) is 4.98. The molecule has 2 aromatic carbocycles. The lowest BCUT2D eigenvalue weighted by Crippen LogP contribution is -2.05. The van der Waals surface area contributed by atoms with Crippen LogP contribution in [0.15, 0.2) is 42.5 Å². The van der Waals surface area contributed by atoms with Crippen LogP contribution in [-0.2, 0) is 12.6 Å². The second-order valence-corrected chi connectivity index (χ2v) is 6.05. The Morgan fingerprint density at radius 1 is 1.00 bits per heavy atom. The highest BCUT2D eigenvalue weighted by atomic mass is 79.9. The van der Waals surface area contributed by atoms with Crippen molar-refractivity contribution in [2.75, 3.05) is 0 Å². The van der Waals surface area contributed by atoms with Gasteiger partial charge in [0.2, 0.25) is 0 Å². The molecule has 0 saturated heterocycles. The van der Waals surface area contributed by atoms with Crippen molar-refractivity contribution >= 4 is 21.7 Å². The summed E-state index contributed by atoms with van der Waals surface area (Å²) >= 11 is 3.33. The SMILES string of the molecule is O=C1c2cccc(-c3ccc(C(F)(F)F)cc3)c2CC1Br. The minimum absolute atomic E-state index is 0.0266. The number of carbonyl (C=O) groups excluding carboxylic acids is 1. The zero-order valence-corrected chi connectivity index (χ0v) is 12.3. The topological polar surface area (TPSA) is 17.1 Å². The number of hydrogen-bond acceptors (Lipinski definition) is 1. The molecule has 0 amide bonds. The number of rotatable bonds is 1. The van der Waals surface area contributed by atoms with Gasteiger partial charge in [-0.2, -0.15) is 13.2 Å². The van der Waals surface area contributed by atoms with Crippen LogP contribution < -0.4 is 0 Å². The normalized spacial score (nSPS) is 17.9. The van der Waals surface area contributed by atoms with Crippen LogP contribution in [-0.4, -0.2) is 10.6 Å². The lowest BCUT2D eigenvalue weighted by atomic mass is 9.96. The zero-order chi connectivity index (χ0) is 15.2. The van der Waals surface area contributed by atoms with E-state index < -0.39 is 11.7 Å². The van der Waals surface area contributed by atoms with E-state index in [1.54, 1.807) is 12.1 Å². The van der Waals surface area contributed by atoms with Crippen LogP contribution in [0.2, 0.25) is 0 Å².